The maximum Gasteiger partial charge on any atom is 0.242 e. The number of benzene rings is 1. The van der Waals surface area contributed by atoms with Crippen LogP contribution in [-0.2, 0) is 22.7 Å². The quantitative estimate of drug-likeness (QED) is 0.616. The van der Waals surface area contributed by atoms with E-state index in [1.165, 1.54) is 12.1 Å². The second kappa shape index (κ2) is 12.8. The standard InChI is InChI=1S/C27H40FN5O2/c1-21(2)15-26(34)33-13-6-11-30(17-22(3)4)10-5-12-32(27(35)19-31-14-9-29-20-31)18-23-16-24(28)7-8-25(23)33/h7-9,14,16,20-22H,5-6,10-13,15,17-19H2,1-4H3. The maximum absolute atomic E-state index is 14.4. The van der Waals surface area contributed by atoms with Gasteiger partial charge in [0.2, 0.25) is 11.8 Å². The zero-order valence-electron chi connectivity index (χ0n) is 21.6. The zero-order chi connectivity index (χ0) is 25.4. The summed E-state index contributed by atoms with van der Waals surface area (Å²) in [6.07, 6.45) is 7.14. The van der Waals surface area contributed by atoms with Gasteiger partial charge in [-0.2, -0.15) is 0 Å². The predicted molar refractivity (Wildman–Crippen MR) is 136 cm³/mol. The summed E-state index contributed by atoms with van der Waals surface area (Å²) in [5.41, 5.74) is 1.37. The zero-order valence-corrected chi connectivity index (χ0v) is 21.6. The Labute approximate surface area is 208 Å². The van der Waals surface area contributed by atoms with E-state index in [4.69, 9.17) is 0 Å². The van der Waals surface area contributed by atoms with Crippen molar-refractivity contribution >= 4 is 17.5 Å². The highest BCUT2D eigenvalue weighted by Gasteiger charge is 2.24. The average Bonchev–Trinajstić information content (AvgIpc) is 3.27. The molecular formula is C27H40FN5O2. The highest BCUT2D eigenvalue weighted by Crippen LogP contribution is 2.26. The van der Waals surface area contributed by atoms with Gasteiger partial charge in [-0.05, 0) is 61.5 Å². The Morgan fingerprint density at radius 3 is 2.40 bits per heavy atom. The molecule has 2 aromatic rings. The number of halogens is 1. The fraction of sp³-hybridized carbons (Fsp3) is 0.593. The van der Waals surface area contributed by atoms with E-state index >= 15 is 0 Å². The third-order valence-electron chi connectivity index (χ3n) is 6.19. The molecule has 0 N–H and O–H groups in total. The molecule has 2 heterocycles. The molecule has 0 spiro atoms. The lowest BCUT2D eigenvalue weighted by atomic mass is 10.1. The van der Waals surface area contributed by atoms with Crippen LogP contribution in [0.15, 0.2) is 36.9 Å². The highest BCUT2D eigenvalue weighted by atomic mass is 19.1. The van der Waals surface area contributed by atoms with Crippen molar-refractivity contribution in [1.82, 2.24) is 19.4 Å². The van der Waals surface area contributed by atoms with Gasteiger partial charge in [0.05, 0.1) is 6.33 Å². The number of nitrogens with zero attached hydrogens (tertiary/aromatic N) is 5. The van der Waals surface area contributed by atoms with Crippen LogP contribution >= 0.6 is 0 Å². The molecule has 0 fully saturated rings. The van der Waals surface area contributed by atoms with E-state index in [0.29, 0.717) is 36.7 Å². The van der Waals surface area contributed by atoms with E-state index in [-0.39, 0.29) is 36.6 Å². The highest BCUT2D eigenvalue weighted by molar-refractivity contribution is 5.94. The Morgan fingerprint density at radius 1 is 1.00 bits per heavy atom. The van der Waals surface area contributed by atoms with Crippen LogP contribution in [0, 0.1) is 17.7 Å². The molecule has 1 aromatic heterocycles. The third-order valence-corrected chi connectivity index (χ3v) is 6.19. The van der Waals surface area contributed by atoms with E-state index in [9.17, 15) is 14.0 Å². The van der Waals surface area contributed by atoms with E-state index < -0.39 is 0 Å². The molecule has 2 amide bonds. The Balaban J connectivity index is 1.94. The topological polar surface area (TPSA) is 61.7 Å². The number of amides is 2. The summed E-state index contributed by atoms with van der Waals surface area (Å²) in [6.45, 7) is 12.8. The Morgan fingerprint density at radius 2 is 1.74 bits per heavy atom. The molecule has 0 atom stereocenters. The first kappa shape index (κ1) is 26.9. The summed E-state index contributed by atoms with van der Waals surface area (Å²) in [5.74, 6) is 0.377. The van der Waals surface area contributed by atoms with Gasteiger partial charge in [0.25, 0.3) is 0 Å². The van der Waals surface area contributed by atoms with Gasteiger partial charge in [-0.3, -0.25) is 9.59 Å². The minimum atomic E-state index is -0.364. The first-order valence-electron chi connectivity index (χ1n) is 12.8. The Bertz CT molecular complexity index is 960. The van der Waals surface area contributed by atoms with Gasteiger partial charge in [-0.15, -0.1) is 0 Å². The number of hydrogen-bond donors (Lipinski definition) is 0. The van der Waals surface area contributed by atoms with Crippen LogP contribution < -0.4 is 4.90 Å². The van der Waals surface area contributed by atoms with Crippen LogP contribution in [-0.4, -0.2) is 63.9 Å². The summed E-state index contributed by atoms with van der Waals surface area (Å²) < 4.78 is 16.1. The Kier molecular flexibility index (Phi) is 9.83. The molecule has 35 heavy (non-hydrogen) atoms. The molecule has 1 aromatic carbocycles. The van der Waals surface area contributed by atoms with Crippen LogP contribution in [0.5, 0.6) is 0 Å². The van der Waals surface area contributed by atoms with Gasteiger partial charge in [0, 0.05) is 50.7 Å². The van der Waals surface area contributed by atoms with Crippen molar-refractivity contribution in [3.05, 3.63) is 48.3 Å². The van der Waals surface area contributed by atoms with Gasteiger partial charge in [-0.25, -0.2) is 9.37 Å². The van der Waals surface area contributed by atoms with Crippen molar-refractivity contribution in [2.75, 3.05) is 37.6 Å². The van der Waals surface area contributed by atoms with Gasteiger partial charge < -0.3 is 19.3 Å². The number of anilines is 1. The molecule has 7 nitrogen and oxygen atoms in total. The van der Waals surface area contributed by atoms with Gasteiger partial charge in [0.15, 0.2) is 0 Å². The SMILES string of the molecule is CC(C)CC(=O)N1CCCN(CC(C)C)CCCN(C(=O)Cn2ccnc2)Cc2cc(F)ccc21. The average molecular weight is 486 g/mol. The molecule has 192 valence electrons. The van der Waals surface area contributed by atoms with E-state index in [1.54, 1.807) is 34.3 Å². The molecular weight excluding hydrogens is 445 g/mol. The summed E-state index contributed by atoms with van der Waals surface area (Å²) in [5, 5.41) is 0. The molecule has 8 heteroatoms. The van der Waals surface area contributed by atoms with Crippen molar-refractivity contribution in [3.8, 4) is 0 Å². The van der Waals surface area contributed by atoms with Crippen molar-refractivity contribution in [2.24, 2.45) is 11.8 Å². The molecule has 0 radical (unpaired) electrons. The lowest BCUT2D eigenvalue weighted by molar-refractivity contribution is -0.132. The molecule has 0 saturated heterocycles. The van der Waals surface area contributed by atoms with E-state index in [1.807, 2.05) is 18.7 Å². The summed E-state index contributed by atoms with van der Waals surface area (Å²) >= 11 is 0. The molecule has 1 aliphatic rings. The lowest BCUT2D eigenvalue weighted by Gasteiger charge is -2.32. The van der Waals surface area contributed by atoms with Crippen LogP contribution in [0.1, 0.15) is 52.5 Å². The second-order valence-electron chi connectivity index (χ2n) is 10.4. The maximum atomic E-state index is 14.4. The fourth-order valence-electron chi connectivity index (χ4n) is 4.67. The minimum Gasteiger partial charge on any atom is -0.337 e. The normalized spacial score (nSPS) is 16.2. The van der Waals surface area contributed by atoms with Crippen LogP contribution in [0.2, 0.25) is 0 Å². The van der Waals surface area contributed by atoms with Gasteiger partial charge in [0.1, 0.15) is 12.4 Å². The summed E-state index contributed by atoms with van der Waals surface area (Å²) in [4.78, 5) is 36.6. The number of rotatable bonds is 6. The molecule has 3 rings (SSSR count). The molecule has 0 aliphatic carbocycles. The van der Waals surface area contributed by atoms with Crippen molar-refractivity contribution in [2.45, 2.75) is 60.0 Å². The third kappa shape index (κ3) is 8.16. The second-order valence-corrected chi connectivity index (χ2v) is 10.4. The van der Waals surface area contributed by atoms with Crippen LogP contribution in [0.4, 0.5) is 10.1 Å². The number of aromatic nitrogens is 2. The van der Waals surface area contributed by atoms with Crippen LogP contribution in [0.3, 0.4) is 0 Å². The number of fused-ring (bicyclic) bond motifs is 1. The van der Waals surface area contributed by atoms with Crippen LogP contribution in [0.25, 0.3) is 0 Å². The van der Waals surface area contributed by atoms with Crippen molar-refractivity contribution in [3.63, 3.8) is 0 Å². The number of carbonyl (C=O) groups is 2. The summed E-state index contributed by atoms with van der Waals surface area (Å²) in [7, 11) is 0. The molecule has 0 unspecified atom stereocenters. The fourth-order valence-corrected chi connectivity index (χ4v) is 4.67. The largest absolute Gasteiger partial charge is 0.337 e. The number of carbonyl (C=O) groups excluding carboxylic acids is 2. The number of hydrogen-bond acceptors (Lipinski definition) is 4. The predicted octanol–water partition coefficient (Wildman–Crippen LogP) is 4.18. The Hall–Kier alpha value is -2.74. The van der Waals surface area contributed by atoms with Crippen molar-refractivity contribution < 1.29 is 14.0 Å². The smallest absolute Gasteiger partial charge is 0.242 e. The lowest BCUT2D eigenvalue weighted by Crippen LogP contribution is -2.40. The minimum absolute atomic E-state index is 0.0385. The molecule has 0 saturated carbocycles. The number of imidazole rings is 1. The first-order valence-corrected chi connectivity index (χ1v) is 12.8. The van der Waals surface area contributed by atoms with Gasteiger partial charge >= 0.3 is 0 Å². The van der Waals surface area contributed by atoms with E-state index in [0.717, 1.165) is 32.5 Å². The molecule has 1 aliphatic heterocycles. The van der Waals surface area contributed by atoms with Crippen molar-refractivity contribution in [1.29, 1.82) is 0 Å². The molecule has 0 bridgehead atoms. The van der Waals surface area contributed by atoms with Gasteiger partial charge in [-0.1, -0.05) is 27.7 Å². The monoisotopic (exact) mass is 485 g/mol. The first-order chi connectivity index (χ1) is 16.7. The van der Waals surface area contributed by atoms with E-state index in [2.05, 4.69) is 23.7 Å². The summed E-state index contributed by atoms with van der Waals surface area (Å²) in [6, 6.07) is 4.57.